The Bertz CT molecular complexity index is 1250. The maximum Gasteiger partial charge on any atom is 0.293 e. The first-order valence-corrected chi connectivity index (χ1v) is 13.8. The number of carbonyl (C=O) groups excluding carboxylic acids is 3. The van der Waals surface area contributed by atoms with Crippen LogP contribution in [-0.2, 0) is 19.6 Å². The monoisotopic (exact) mass is 533 g/mol. The molecule has 11 heteroatoms. The Morgan fingerprint density at radius 3 is 2.51 bits per heavy atom. The minimum atomic E-state index is -3.82. The lowest BCUT2D eigenvalue weighted by atomic mass is 10.0. The lowest BCUT2D eigenvalue weighted by molar-refractivity contribution is -0.127. The highest BCUT2D eigenvalue weighted by atomic mass is 35.5. The molecular formula is C24H24ClN3O5S2. The second-order valence-corrected chi connectivity index (χ2v) is 11.4. The Morgan fingerprint density at radius 2 is 1.80 bits per heavy atom. The van der Waals surface area contributed by atoms with Crippen LogP contribution in [0.15, 0.2) is 64.4 Å². The van der Waals surface area contributed by atoms with E-state index in [0.29, 0.717) is 17.9 Å². The van der Waals surface area contributed by atoms with Crippen LogP contribution in [0.3, 0.4) is 0 Å². The molecule has 2 aliphatic rings. The molecular weight excluding hydrogens is 510 g/mol. The van der Waals surface area contributed by atoms with Gasteiger partial charge >= 0.3 is 0 Å². The average molecular weight is 534 g/mol. The van der Waals surface area contributed by atoms with E-state index in [-0.39, 0.29) is 29.4 Å². The van der Waals surface area contributed by atoms with Gasteiger partial charge in [0.2, 0.25) is 15.9 Å². The van der Waals surface area contributed by atoms with Gasteiger partial charge in [-0.15, -0.1) is 0 Å². The maximum atomic E-state index is 13.1. The van der Waals surface area contributed by atoms with Crippen LogP contribution in [0.25, 0.3) is 6.08 Å². The van der Waals surface area contributed by atoms with Crippen molar-refractivity contribution in [2.45, 2.75) is 30.2 Å². The van der Waals surface area contributed by atoms with Crippen LogP contribution < -0.4 is 5.32 Å². The molecule has 2 aromatic rings. The summed E-state index contributed by atoms with van der Waals surface area (Å²) in [5.74, 6) is -0.872. The van der Waals surface area contributed by atoms with Gasteiger partial charge in [0.1, 0.15) is 6.04 Å². The first-order valence-electron chi connectivity index (χ1n) is 11.1. The topological polar surface area (TPSA) is 104 Å². The molecule has 2 fully saturated rings. The first-order chi connectivity index (χ1) is 16.8. The van der Waals surface area contributed by atoms with Crippen LogP contribution in [0.2, 0.25) is 5.02 Å². The second kappa shape index (κ2) is 10.9. The van der Waals surface area contributed by atoms with E-state index in [1.807, 2.05) is 0 Å². The Hall–Kier alpha value is -2.66. The molecule has 1 atom stereocenters. The van der Waals surface area contributed by atoms with Crippen LogP contribution in [0.5, 0.6) is 0 Å². The standard InChI is InChI=1S/C24H24ClN3O5S2/c25-18-11-9-17(10-12-18)16-21-23(30)27(24(31)34-21)15-13-26-22(29)20-8-4-5-14-28(20)35(32,33)19-6-2-1-3-7-19/h1-3,6-7,9-12,16,20H,4-5,8,13-15H2,(H,26,29). The number of rotatable bonds is 7. The number of hydrogen-bond acceptors (Lipinski definition) is 6. The van der Waals surface area contributed by atoms with Crippen molar-refractivity contribution in [3.8, 4) is 0 Å². The molecule has 2 aliphatic heterocycles. The number of piperidine rings is 1. The van der Waals surface area contributed by atoms with Gasteiger partial charge < -0.3 is 5.32 Å². The molecule has 184 valence electrons. The summed E-state index contributed by atoms with van der Waals surface area (Å²) in [6.07, 6.45) is 3.43. The van der Waals surface area contributed by atoms with Gasteiger partial charge in [0.15, 0.2) is 0 Å². The van der Waals surface area contributed by atoms with Gasteiger partial charge in [-0.25, -0.2) is 8.42 Å². The fraction of sp³-hybridized carbons (Fsp3) is 0.292. The Morgan fingerprint density at radius 1 is 1.09 bits per heavy atom. The molecule has 8 nitrogen and oxygen atoms in total. The van der Waals surface area contributed by atoms with Crippen molar-refractivity contribution < 1.29 is 22.8 Å². The van der Waals surface area contributed by atoms with Crippen LogP contribution in [0.4, 0.5) is 4.79 Å². The lowest BCUT2D eigenvalue weighted by Crippen LogP contribution is -2.52. The molecule has 0 spiro atoms. The SMILES string of the molecule is O=C(NCCN1C(=O)SC(=Cc2ccc(Cl)cc2)C1=O)C1CCCCN1S(=O)(=O)c1ccccc1. The van der Waals surface area contributed by atoms with E-state index in [9.17, 15) is 22.8 Å². The summed E-state index contributed by atoms with van der Waals surface area (Å²) in [5, 5.41) is 2.86. The third-order valence-corrected chi connectivity index (χ3v) is 8.86. The summed E-state index contributed by atoms with van der Waals surface area (Å²) in [5.41, 5.74) is 0.741. The summed E-state index contributed by atoms with van der Waals surface area (Å²) in [6, 6.07) is 14.1. The Labute approximate surface area is 213 Å². The summed E-state index contributed by atoms with van der Waals surface area (Å²) in [7, 11) is -3.82. The molecule has 0 aliphatic carbocycles. The first kappa shape index (κ1) is 25.4. The molecule has 35 heavy (non-hydrogen) atoms. The van der Waals surface area contributed by atoms with Crippen molar-refractivity contribution in [3.05, 3.63) is 70.1 Å². The molecule has 0 saturated carbocycles. The number of nitrogens with zero attached hydrogens (tertiary/aromatic N) is 2. The summed E-state index contributed by atoms with van der Waals surface area (Å²) < 4.78 is 27.5. The van der Waals surface area contributed by atoms with Gasteiger partial charge in [-0.3, -0.25) is 19.3 Å². The van der Waals surface area contributed by atoms with Gasteiger partial charge in [-0.1, -0.05) is 48.4 Å². The predicted octanol–water partition coefficient (Wildman–Crippen LogP) is 3.74. The molecule has 0 radical (unpaired) electrons. The predicted molar refractivity (Wildman–Crippen MR) is 135 cm³/mol. The fourth-order valence-corrected chi connectivity index (χ4v) is 6.66. The van der Waals surface area contributed by atoms with Crippen molar-refractivity contribution in [1.82, 2.24) is 14.5 Å². The van der Waals surface area contributed by atoms with Gasteiger partial charge in [0, 0.05) is 24.7 Å². The molecule has 1 N–H and O–H groups in total. The Kier molecular flexibility index (Phi) is 7.95. The van der Waals surface area contributed by atoms with Crippen molar-refractivity contribution in [3.63, 3.8) is 0 Å². The van der Waals surface area contributed by atoms with Gasteiger partial charge in [0.25, 0.3) is 11.1 Å². The zero-order valence-electron chi connectivity index (χ0n) is 18.7. The zero-order valence-corrected chi connectivity index (χ0v) is 21.1. The highest BCUT2D eigenvalue weighted by molar-refractivity contribution is 8.18. The van der Waals surface area contributed by atoms with E-state index in [0.717, 1.165) is 28.6 Å². The number of imide groups is 1. The highest BCUT2D eigenvalue weighted by Crippen LogP contribution is 2.32. The summed E-state index contributed by atoms with van der Waals surface area (Å²) in [6.45, 7) is 0.279. The molecule has 2 aromatic carbocycles. The van der Waals surface area contributed by atoms with Crippen LogP contribution in [-0.4, -0.2) is 60.4 Å². The number of thioether (sulfide) groups is 1. The number of sulfonamides is 1. The quantitative estimate of drug-likeness (QED) is 0.544. The number of nitrogens with one attached hydrogen (secondary N) is 1. The van der Waals surface area contributed by atoms with E-state index in [4.69, 9.17) is 11.6 Å². The molecule has 1 unspecified atom stereocenters. The molecule has 0 bridgehead atoms. The van der Waals surface area contributed by atoms with Crippen molar-refractivity contribution in [1.29, 1.82) is 0 Å². The number of carbonyl (C=O) groups is 3. The molecule has 2 saturated heterocycles. The van der Waals surface area contributed by atoms with Gasteiger partial charge in [-0.2, -0.15) is 4.31 Å². The fourth-order valence-electron chi connectivity index (χ4n) is 3.99. The molecule has 3 amide bonds. The number of hydrogen-bond donors (Lipinski definition) is 1. The van der Waals surface area contributed by atoms with E-state index in [2.05, 4.69) is 5.32 Å². The van der Waals surface area contributed by atoms with Crippen molar-refractivity contribution in [2.75, 3.05) is 19.6 Å². The van der Waals surface area contributed by atoms with E-state index in [1.54, 1.807) is 48.5 Å². The number of amides is 3. The average Bonchev–Trinajstić information content (AvgIpc) is 3.13. The lowest BCUT2D eigenvalue weighted by Gasteiger charge is -2.33. The number of halogens is 1. The van der Waals surface area contributed by atoms with E-state index in [1.165, 1.54) is 16.4 Å². The minimum Gasteiger partial charge on any atom is -0.353 e. The van der Waals surface area contributed by atoms with Crippen molar-refractivity contribution >= 4 is 56.5 Å². The Balaban J connectivity index is 1.37. The van der Waals surface area contributed by atoms with E-state index < -0.39 is 33.1 Å². The normalized spacial score (nSPS) is 20.4. The van der Waals surface area contributed by atoms with Crippen molar-refractivity contribution in [2.24, 2.45) is 0 Å². The van der Waals surface area contributed by atoms with Gasteiger partial charge in [0.05, 0.1) is 9.80 Å². The second-order valence-electron chi connectivity index (χ2n) is 8.12. The highest BCUT2D eigenvalue weighted by Gasteiger charge is 2.38. The zero-order chi connectivity index (χ0) is 25.0. The third kappa shape index (κ3) is 5.78. The minimum absolute atomic E-state index is 0.00742. The largest absolute Gasteiger partial charge is 0.353 e. The smallest absolute Gasteiger partial charge is 0.293 e. The molecule has 0 aromatic heterocycles. The van der Waals surface area contributed by atoms with Crippen LogP contribution in [0, 0.1) is 0 Å². The maximum absolute atomic E-state index is 13.1. The number of benzene rings is 2. The summed E-state index contributed by atoms with van der Waals surface area (Å²) >= 11 is 6.72. The van der Waals surface area contributed by atoms with Crippen LogP contribution in [0.1, 0.15) is 24.8 Å². The summed E-state index contributed by atoms with van der Waals surface area (Å²) in [4.78, 5) is 39.5. The van der Waals surface area contributed by atoms with E-state index >= 15 is 0 Å². The van der Waals surface area contributed by atoms with Gasteiger partial charge in [-0.05, 0) is 60.5 Å². The molecule has 2 heterocycles. The molecule has 4 rings (SSSR count). The third-order valence-electron chi connectivity index (χ3n) is 5.78. The van der Waals surface area contributed by atoms with Crippen LogP contribution >= 0.6 is 23.4 Å².